The quantitative estimate of drug-likeness (QED) is 0.529. The van der Waals surface area contributed by atoms with Gasteiger partial charge >= 0.3 is 0 Å². The van der Waals surface area contributed by atoms with Gasteiger partial charge in [0.15, 0.2) is 23.0 Å². The molecular formula is C22H26O6. The van der Waals surface area contributed by atoms with E-state index in [2.05, 4.69) is 6.58 Å². The van der Waals surface area contributed by atoms with Crippen molar-refractivity contribution in [3.8, 4) is 17.2 Å². The number of benzene rings is 1. The van der Waals surface area contributed by atoms with E-state index in [1.165, 1.54) is 28.4 Å². The molecular weight excluding hydrogens is 360 g/mol. The van der Waals surface area contributed by atoms with Crippen LogP contribution >= 0.6 is 0 Å². The molecule has 0 spiro atoms. The van der Waals surface area contributed by atoms with E-state index in [1.54, 1.807) is 12.2 Å². The number of ketones is 2. The summed E-state index contributed by atoms with van der Waals surface area (Å²) in [7, 11) is 6.07. The average molecular weight is 386 g/mol. The number of Topliss-reactive ketones (excluding diaryl/α,β-unsaturated/α-hetero) is 2. The zero-order valence-electron chi connectivity index (χ0n) is 16.9. The van der Waals surface area contributed by atoms with Crippen LogP contribution in [-0.2, 0) is 14.3 Å². The Morgan fingerprint density at radius 1 is 1.04 bits per heavy atom. The van der Waals surface area contributed by atoms with E-state index >= 15 is 0 Å². The van der Waals surface area contributed by atoms with Crippen molar-refractivity contribution in [3.05, 3.63) is 42.2 Å². The molecule has 6 heteroatoms. The van der Waals surface area contributed by atoms with Crippen molar-refractivity contribution in [1.29, 1.82) is 0 Å². The maximum absolute atomic E-state index is 13.3. The van der Waals surface area contributed by atoms with Crippen LogP contribution < -0.4 is 14.2 Å². The van der Waals surface area contributed by atoms with Gasteiger partial charge in [-0.15, -0.1) is 6.58 Å². The lowest BCUT2D eigenvalue weighted by Crippen LogP contribution is -2.38. The smallest absolute Gasteiger partial charge is 0.208 e. The third kappa shape index (κ3) is 2.62. The molecule has 1 aromatic carbocycles. The van der Waals surface area contributed by atoms with E-state index in [1.807, 2.05) is 19.1 Å². The third-order valence-electron chi connectivity index (χ3n) is 6.14. The molecule has 0 N–H and O–H groups in total. The average Bonchev–Trinajstić information content (AvgIpc) is 2.85. The minimum atomic E-state index is -0.809. The molecule has 0 heterocycles. The highest BCUT2D eigenvalue weighted by Gasteiger charge is 2.62. The van der Waals surface area contributed by atoms with Gasteiger partial charge in [-0.1, -0.05) is 13.0 Å². The van der Waals surface area contributed by atoms with Gasteiger partial charge in [0.05, 0.1) is 39.8 Å². The number of ether oxygens (including phenoxy) is 4. The Balaban J connectivity index is 2.21. The first-order chi connectivity index (χ1) is 13.4. The zero-order valence-corrected chi connectivity index (χ0v) is 16.9. The van der Waals surface area contributed by atoms with E-state index in [0.717, 1.165) is 5.56 Å². The normalized spacial score (nSPS) is 28.6. The Kier molecular flexibility index (Phi) is 5.24. The maximum Gasteiger partial charge on any atom is 0.208 e. The Morgan fingerprint density at radius 3 is 2.11 bits per heavy atom. The number of hydrogen-bond donors (Lipinski definition) is 0. The molecule has 6 nitrogen and oxygen atoms in total. The molecule has 150 valence electrons. The van der Waals surface area contributed by atoms with Gasteiger partial charge in [-0.25, -0.2) is 0 Å². The standard InChI is InChI=1S/C22H26O6/c1-7-8-22-11-16(27-5)19(23)18(21(22)24)17(12(22)2)13-9-14(25-3)20(28-6)15(10-13)26-4/h7,9-12,17-18H,1,8H2,2-6H3/t12-,17+,18-,22-/m1/s1. The zero-order chi connectivity index (χ0) is 20.6. The van der Waals surface area contributed by atoms with Gasteiger partial charge < -0.3 is 18.9 Å². The van der Waals surface area contributed by atoms with Crippen molar-refractivity contribution in [2.24, 2.45) is 17.3 Å². The van der Waals surface area contributed by atoms with Crippen molar-refractivity contribution in [2.45, 2.75) is 19.3 Å². The summed E-state index contributed by atoms with van der Waals surface area (Å²) in [6, 6.07) is 3.63. The molecule has 0 saturated heterocycles. The number of allylic oxidation sites excluding steroid dienone is 3. The number of rotatable bonds is 7. The number of fused-ring (bicyclic) bond motifs is 2. The summed E-state index contributed by atoms with van der Waals surface area (Å²) in [5.74, 6) is 0.0494. The second-order valence-corrected chi connectivity index (χ2v) is 7.23. The number of carbonyl (C=O) groups is 2. The van der Waals surface area contributed by atoms with Crippen LogP contribution in [0, 0.1) is 17.3 Å². The minimum Gasteiger partial charge on any atom is -0.493 e. The van der Waals surface area contributed by atoms with E-state index in [4.69, 9.17) is 18.9 Å². The third-order valence-corrected chi connectivity index (χ3v) is 6.14. The summed E-state index contributed by atoms with van der Waals surface area (Å²) in [4.78, 5) is 26.3. The van der Waals surface area contributed by atoms with Gasteiger partial charge in [0, 0.05) is 5.92 Å². The van der Waals surface area contributed by atoms with Gasteiger partial charge in [-0.05, 0) is 36.1 Å². The molecule has 1 fully saturated rings. The molecule has 2 aliphatic carbocycles. The molecule has 0 radical (unpaired) electrons. The van der Waals surface area contributed by atoms with Gasteiger partial charge in [-0.3, -0.25) is 9.59 Å². The molecule has 0 unspecified atom stereocenters. The van der Waals surface area contributed by atoms with Gasteiger partial charge in [0.1, 0.15) is 0 Å². The molecule has 2 bridgehead atoms. The van der Waals surface area contributed by atoms with Crippen LogP contribution in [0.25, 0.3) is 0 Å². The first-order valence-electron chi connectivity index (χ1n) is 9.16. The van der Waals surface area contributed by atoms with E-state index in [9.17, 15) is 9.59 Å². The van der Waals surface area contributed by atoms with Crippen LogP contribution in [0.4, 0.5) is 0 Å². The fourth-order valence-corrected chi connectivity index (χ4v) is 4.75. The fourth-order valence-electron chi connectivity index (χ4n) is 4.75. The summed E-state index contributed by atoms with van der Waals surface area (Å²) in [6.45, 7) is 5.81. The number of carbonyl (C=O) groups excluding carboxylic acids is 2. The van der Waals surface area contributed by atoms with Crippen LogP contribution in [0.15, 0.2) is 36.6 Å². The largest absolute Gasteiger partial charge is 0.493 e. The lowest BCUT2D eigenvalue weighted by Gasteiger charge is -2.31. The van der Waals surface area contributed by atoms with Crippen molar-refractivity contribution >= 4 is 11.6 Å². The Labute approximate surface area is 165 Å². The fraction of sp³-hybridized carbons (Fsp3) is 0.455. The first kappa shape index (κ1) is 20.0. The topological polar surface area (TPSA) is 71.1 Å². The van der Waals surface area contributed by atoms with Crippen molar-refractivity contribution < 1.29 is 28.5 Å². The maximum atomic E-state index is 13.3. The second kappa shape index (κ2) is 7.34. The van der Waals surface area contributed by atoms with E-state index in [-0.39, 0.29) is 29.2 Å². The van der Waals surface area contributed by atoms with Crippen molar-refractivity contribution in [1.82, 2.24) is 0 Å². The highest BCUT2D eigenvalue weighted by molar-refractivity contribution is 6.17. The van der Waals surface area contributed by atoms with E-state index < -0.39 is 11.3 Å². The molecule has 0 aromatic heterocycles. The molecule has 28 heavy (non-hydrogen) atoms. The monoisotopic (exact) mass is 386 g/mol. The Bertz CT molecular complexity index is 830. The van der Waals surface area contributed by atoms with Crippen LogP contribution in [0.5, 0.6) is 17.2 Å². The Morgan fingerprint density at radius 2 is 1.64 bits per heavy atom. The number of methoxy groups -OCH3 is 4. The van der Waals surface area contributed by atoms with E-state index in [0.29, 0.717) is 23.7 Å². The second-order valence-electron chi connectivity index (χ2n) is 7.23. The highest BCUT2D eigenvalue weighted by Crippen LogP contribution is 2.59. The van der Waals surface area contributed by atoms with Crippen molar-refractivity contribution in [2.75, 3.05) is 28.4 Å². The molecule has 0 amide bonds. The number of hydrogen-bond acceptors (Lipinski definition) is 6. The lowest BCUT2D eigenvalue weighted by atomic mass is 9.71. The lowest BCUT2D eigenvalue weighted by molar-refractivity contribution is -0.136. The van der Waals surface area contributed by atoms with Crippen LogP contribution in [0.1, 0.15) is 24.8 Å². The predicted octanol–water partition coefficient (Wildman–Crippen LogP) is 3.31. The molecule has 2 aliphatic rings. The van der Waals surface area contributed by atoms with Crippen molar-refractivity contribution in [3.63, 3.8) is 0 Å². The summed E-state index contributed by atoms with van der Waals surface area (Å²) in [5, 5.41) is 0. The van der Waals surface area contributed by atoms with Gasteiger partial charge in [0.25, 0.3) is 0 Å². The van der Waals surface area contributed by atoms with Crippen LogP contribution in [0.2, 0.25) is 0 Å². The summed E-state index contributed by atoms with van der Waals surface area (Å²) < 4.78 is 21.6. The predicted molar refractivity (Wildman–Crippen MR) is 104 cm³/mol. The van der Waals surface area contributed by atoms with Crippen LogP contribution in [-0.4, -0.2) is 40.0 Å². The summed E-state index contributed by atoms with van der Waals surface area (Å²) in [6.07, 6.45) is 3.87. The molecule has 4 atom stereocenters. The minimum absolute atomic E-state index is 0.0792. The summed E-state index contributed by atoms with van der Waals surface area (Å²) >= 11 is 0. The van der Waals surface area contributed by atoms with Crippen LogP contribution in [0.3, 0.4) is 0 Å². The van der Waals surface area contributed by atoms with Gasteiger partial charge in [0.2, 0.25) is 11.5 Å². The first-order valence-corrected chi connectivity index (χ1v) is 9.16. The molecule has 1 saturated carbocycles. The summed E-state index contributed by atoms with van der Waals surface area (Å²) in [5.41, 5.74) is -0.0121. The molecule has 1 aromatic rings. The Hall–Kier alpha value is -2.76. The SMILES string of the molecule is C=CC[C@]12C=C(OC)C(=O)[C@H](C1=O)[C@H](c1cc(OC)c(OC)c(OC)c1)[C@H]2C. The molecule has 3 rings (SSSR count). The highest BCUT2D eigenvalue weighted by atomic mass is 16.5. The van der Waals surface area contributed by atoms with Gasteiger partial charge in [-0.2, -0.15) is 0 Å². The molecule has 0 aliphatic heterocycles.